The first-order chi connectivity index (χ1) is 10.5. The summed E-state index contributed by atoms with van der Waals surface area (Å²) < 4.78 is 5.79. The van der Waals surface area contributed by atoms with Crippen LogP contribution in [0.1, 0.15) is 36.8 Å². The van der Waals surface area contributed by atoms with E-state index in [2.05, 4.69) is 11.8 Å². The zero-order valence-corrected chi connectivity index (χ0v) is 12.9. The van der Waals surface area contributed by atoms with Crippen molar-refractivity contribution in [2.75, 3.05) is 13.6 Å². The molecule has 3 aliphatic rings. The maximum Gasteiger partial charge on any atom is 0.174 e. The third kappa shape index (κ3) is 1.58. The Bertz CT molecular complexity index is 658. The fourth-order valence-corrected chi connectivity index (χ4v) is 4.52. The van der Waals surface area contributed by atoms with E-state index in [1.54, 1.807) is 6.07 Å². The van der Waals surface area contributed by atoms with Crippen LogP contribution in [0.25, 0.3) is 0 Å². The molecule has 4 atom stereocenters. The second-order valence-electron chi connectivity index (χ2n) is 6.75. The molecule has 1 fully saturated rings. The van der Waals surface area contributed by atoms with Crippen LogP contribution in [0.4, 0.5) is 0 Å². The number of hydrogen-bond donors (Lipinski definition) is 2. The Labute approximate surface area is 129 Å². The number of hydrogen-bond acceptors (Lipinski definition) is 5. The van der Waals surface area contributed by atoms with E-state index in [0.717, 1.165) is 17.7 Å². The topological polar surface area (TPSA) is 70.0 Å². The molecule has 1 heterocycles. The minimum absolute atomic E-state index is 0.0241. The van der Waals surface area contributed by atoms with E-state index in [-0.39, 0.29) is 23.5 Å². The molecule has 5 nitrogen and oxygen atoms in total. The molecule has 4 unspecified atom stereocenters. The molecule has 1 aromatic rings. The summed E-state index contributed by atoms with van der Waals surface area (Å²) >= 11 is 0. The summed E-state index contributed by atoms with van der Waals surface area (Å²) in [7, 11) is 2.01. The van der Waals surface area contributed by atoms with Crippen molar-refractivity contribution < 1.29 is 19.7 Å². The summed E-state index contributed by atoms with van der Waals surface area (Å²) in [6.45, 7) is 2.90. The van der Waals surface area contributed by atoms with Crippen molar-refractivity contribution in [1.82, 2.24) is 4.90 Å². The molecule has 0 bridgehead atoms. The van der Waals surface area contributed by atoms with Crippen molar-refractivity contribution in [2.45, 2.75) is 49.9 Å². The van der Waals surface area contributed by atoms with Crippen molar-refractivity contribution in [1.29, 1.82) is 0 Å². The molecule has 0 spiro atoms. The number of benzene rings is 1. The SMILES string of the molecule is CCN(C)C1Cc2ccc(O)c3c2C2C(O3)C(=O)CCC21O. The number of phenolic OH excluding ortho intramolecular Hbond substituents is 1. The zero-order chi connectivity index (χ0) is 15.6. The average Bonchev–Trinajstić information content (AvgIpc) is 2.93. The van der Waals surface area contributed by atoms with Crippen molar-refractivity contribution in [3.63, 3.8) is 0 Å². The number of rotatable bonds is 2. The number of aromatic hydroxyl groups is 1. The molecule has 4 rings (SSSR count). The van der Waals surface area contributed by atoms with E-state index >= 15 is 0 Å². The van der Waals surface area contributed by atoms with Gasteiger partial charge in [0.25, 0.3) is 0 Å². The standard InChI is InChI=1S/C17H21NO4/c1-3-18(2)12-8-9-4-5-10(19)15-13(9)14-16(22-15)11(20)6-7-17(12,14)21/h4-5,12,14,16,19,21H,3,6-8H2,1-2H3. The van der Waals surface area contributed by atoms with Crippen LogP contribution >= 0.6 is 0 Å². The van der Waals surface area contributed by atoms with Crippen molar-refractivity contribution in [3.8, 4) is 11.5 Å². The average molecular weight is 303 g/mol. The number of ketones is 1. The molecule has 1 saturated carbocycles. The van der Waals surface area contributed by atoms with Gasteiger partial charge in [0.1, 0.15) is 0 Å². The number of carbonyl (C=O) groups excluding carboxylic acids is 1. The number of ether oxygens (including phenoxy) is 1. The predicted octanol–water partition coefficient (Wildman–Crippen LogP) is 1.21. The molecule has 0 amide bonds. The minimum atomic E-state index is -0.977. The van der Waals surface area contributed by atoms with Gasteiger partial charge in [0.15, 0.2) is 23.4 Å². The zero-order valence-electron chi connectivity index (χ0n) is 12.9. The van der Waals surface area contributed by atoms with Gasteiger partial charge in [0.2, 0.25) is 0 Å². The first kappa shape index (κ1) is 14.0. The van der Waals surface area contributed by atoms with Gasteiger partial charge in [-0.05, 0) is 38.1 Å². The molecular formula is C17H21NO4. The Morgan fingerprint density at radius 2 is 2.23 bits per heavy atom. The van der Waals surface area contributed by atoms with Gasteiger partial charge in [-0.25, -0.2) is 0 Å². The Hall–Kier alpha value is -1.59. The summed E-state index contributed by atoms with van der Waals surface area (Å²) in [5, 5.41) is 21.5. The van der Waals surface area contributed by atoms with Gasteiger partial charge in [-0.1, -0.05) is 13.0 Å². The number of aliphatic hydroxyl groups is 1. The summed E-state index contributed by atoms with van der Waals surface area (Å²) in [5.74, 6) is 0.124. The summed E-state index contributed by atoms with van der Waals surface area (Å²) in [4.78, 5) is 14.4. The highest BCUT2D eigenvalue weighted by Crippen LogP contribution is 2.57. The third-order valence-electron chi connectivity index (χ3n) is 5.77. The van der Waals surface area contributed by atoms with Gasteiger partial charge in [0.05, 0.1) is 11.5 Å². The normalized spacial score (nSPS) is 35.5. The van der Waals surface area contributed by atoms with Crippen LogP contribution in [-0.2, 0) is 11.2 Å². The largest absolute Gasteiger partial charge is 0.504 e. The Morgan fingerprint density at radius 1 is 1.45 bits per heavy atom. The van der Waals surface area contributed by atoms with Gasteiger partial charge in [-0.15, -0.1) is 0 Å². The first-order valence-electron chi connectivity index (χ1n) is 7.94. The molecule has 1 aromatic carbocycles. The number of carbonyl (C=O) groups is 1. The monoisotopic (exact) mass is 303 g/mol. The van der Waals surface area contributed by atoms with E-state index in [1.807, 2.05) is 13.1 Å². The van der Waals surface area contributed by atoms with Crippen LogP contribution in [0.3, 0.4) is 0 Å². The minimum Gasteiger partial charge on any atom is -0.504 e. The van der Waals surface area contributed by atoms with Crippen LogP contribution in [0.15, 0.2) is 12.1 Å². The lowest BCUT2D eigenvalue weighted by atomic mass is 9.61. The maximum absolute atomic E-state index is 12.3. The third-order valence-corrected chi connectivity index (χ3v) is 5.77. The van der Waals surface area contributed by atoms with Gasteiger partial charge < -0.3 is 19.8 Å². The number of nitrogens with zero attached hydrogens (tertiary/aromatic N) is 1. The van der Waals surface area contributed by atoms with E-state index in [0.29, 0.717) is 25.0 Å². The molecule has 0 saturated heterocycles. The summed E-state index contributed by atoms with van der Waals surface area (Å²) in [6.07, 6.45) is 0.841. The molecule has 2 N–H and O–H groups in total. The first-order valence-corrected chi connectivity index (χ1v) is 7.94. The van der Waals surface area contributed by atoms with E-state index in [1.165, 1.54) is 0 Å². The van der Waals surface area contributed by atoms with E-state index in [4.69, 9.17) is 4.74 Å². The van der Waals surface area contributed by atoms with Crippen LogP contribution in [0.5, 0.6) is 11.5 Å². The summed E-state index contributed by atoms with van der Waals surface area (Å²) in [5.41, 5.74) is 0.946. The molecule has 0 aromatic heterocycles. The highest BCUT2D eigenvalue weighted by atomic mass is 16.5. The van der Waals surface area contributed by atoms with E-state index in [9.17, 15) is 15.0 Å². The molecule has 0 radical (unpaired) electrons. The lowest BCUT2D eigenvalue weighted by Gasteiger charge is -2.51. The Balaban J connectivity index is 1.92. The number of phenols is 1. The number of Topliss-reactive ketones (excluding diaryl/α,β-unsaturated/α-hetero) is 1. The maximum atomic E-state index is 12.3. The Morgan fingerprint density at radius 3 is 2.95 bits per heavy atom. The van der Waals surface area contributed by atoms with Crippen molar-refractivity contribution in [2.24, 2.45) is 0 Å². The van der Waals surface area contributed by atoms with Crippen molar-refractivity contribution in [3.05, 3.63) is 23.3 Å². The van der Waals surface area contributed by atoms with Crippen LogP contribution in [-0.4, -0.2) is 52.2 Å². The summed E-state index contributed by atoms with van der Waals surface area (Å²) in [6, 6.07) is 3.49. The Kier molecular flexibility index (Phi) is 2.84. The van der Waals surface area contributed by atoms with Crippen LogP contribution in [0, 0.1) is 0 Å². The van der Waals surface area contributed by atoms with Crippen LogP contribution in [0.2, 0.25) is 0 Å². The molecule has 5 heteroatoms. The molecule has 2 aliphatic carbocycles. The van der Waals surface area contributed by atoms with Gasteiger partial charge in [-0.3, -0.25) is 4.79 Å². The van der Waals surface area contributed by atoms with Gasteiger partial charge in [-0.2, -0.15) is 0 Å². The van der Waals surface area contributed by atoms with Gasteiger partial charge in [0, 0.05) is 18.0 Å². The van der Waals surface area contributed by atoms with Gasteiger partial charge >= 0.3 is 0 Å². The second-order valence-corrected chi connectivity index (χ2v) is 6.75. The molecule has 22 heavy (non-hydrogen) atoms. The second kappa shape index (κ2) is 4.46. The highest BCUT2D eigenvalue weighted by Gasteiger charge is 2.61. The van der Waals surface area contributed by atoms with Crippen LogP contribution < -0.4 is 4.74 Å². The highest BCUT2D eigenvalue weighted by molar-refractivity contribution is 5.88. The quantitative estimate of drug-likeness (QED) is 0.859. The predicted molar refractivity (Wildman–Crippen MR) is 80.3 cm³/mol. The fourth-order valence-electron chi connectivity index (χ4n) is 4.52. The smallest absolute Gasteiger partial charge is 0.174 e. The molecule has 118 valence electrons. The molecule has 1 aliphatic heterocycles. The fraction of sp³-hybridized carbons (Fsp3) is 0.588. The van der Waals surface area contributed by atoms with Crippen molar-refractivity contribution >= 4 is 5.78 Å². The molecular weight excluding hydrogens is 282 g/mol. The van der Waals surface area contributed by atoms with E-state index < -0.39 is 11.7 Å². The lowest BCUT2D eigenvalue weighted by molar-refractivity contribution is -0.146. The number of likely N-dealkylation sites (N-methyl/N-ethyl adjacent to an activating group) is 1. The lowest BCUT2D eigenvalue weighted by Crippen LogP contribution is -2.63.